The third-order valence-electron chi connectivity index (χ3n) is 14.1. The van der Waals surface area contributed by atoms with Crippen LogP contribution in [-0.4, -0.2) is 110 Å². The number of carbonyl (C=O) groups is 4. The van der Waals surface area contributed by atoms with Crippen molar-refractivity contribution < 1.29 is 56.6 Å². The SMILES string of the molecule is C1CCOC1.CC(C)(C)c1cc(NC(=O)Oc2ccccc2)no1.CCN(CC)CC.CNC(=O)c1cc2c(Oc3ccc(CC(=O)Cc4cc(C(C)(C)C)on4)c(Cl)c3)ccnc2cc1OC.CNC(=O)c1cc2c(Oc3ccc(N)c(Cl)c3)ccnc2cc1OC. The van der Waals surface area contributed by atoms with Gasteiger partial charge in [0.15, 0.2) is 5.82 Å². The summed E-state index contributed by atoms with van der Waals surface area (Å²) >= 11 is 12.5. The second-order valence-electron chi connectivity index (χ2n) is 23.0. The van der Waals surface area contributed by atoms with Crippen LogP contribution in [0, 0.1) is 0 Å². The normalized spacial score (nSPS) is 11.7. The first-order valence-electron chi connectivity index (χ1n) is 30.3. The number of nitrogens with one attached hydrogen (secondary N) is 3. The topological polar surface area (TPSA) is 267 Å². The van der Waals surface area contributed by atoms with Crippen LogP contribution in [0.4, 0.5) is 16.3 Å². The van der Waals surface area contributed by atoms with E-state index in [2.05, 4.69) is 61.9 Å². The number of aromatic nitrogens is 4. The number of rotatable bonds is 17. The van der Waals surface area contributed by atoms with Gasteiger partial charge in [-0.05, 0) is 98.7 Å². The number of hydrogen-bond donors (Lipinski definition) is 4. The lowest BCUT2D eigenvalue weighted by Crippen LogP contribution is -2.21. The van der Waals surface area contributed by atoms with Gasteiger partial charge in [-0.1, -0.05) is 120 Å². The molecule has 0 atom stereocenters. The Labute approximate surface area is 552 Å². The third-order valence-corrected chi connectivity index (χ3v) is 14.8. The number of para-hydroxylation sites is 1. The summed E-state index contributed by atoms with van der Waals surface area (Å²) < 4.78 is 43.2. The van der Waals surface area contributed by atoms with E-state index < -0.39 is 6.09 Å². The summed E-state index contributed by atoms with van der Waals surface area (Å²) in [6.07, 6.45) is 5.51. The van der Waals surface area contributed by atoms with E-state index in [0.29, 0.717) is 112 Å². The number of fused-ring (bicyclic) bond motifs is 2. The second kappa shape index (κ2) is 35.0. The summed E-state index contributed by atoms with van der Waals surface area (Å²) in [5.74, 6) is 4.57. The van der Waals surface area contributed by atoms with Crippen LogP contribution in [0.25, 0.3) is 21.8 Å². The van der Waals surface area contributed by atoms with Gasteiger partial charge in [0.05, 0.1) is 59.2 Å². The summed E-state index contributed by atoms with van der Waals surface area (Å²) in [4.78, 5) is 59.8. The van der Waals surface area contributed by atoms with Crippen molar-refractivity contribution in [1.82, 2.24) is 35.8 Å². The Bertz CT molecular complexity index is 3920. The molecular weight excluding hydrogens is 1230 g/mol. The molecule has 0 unspecified atom stereocenters. The Morgan fingerprint density at radius 3 is 1.53 bits per heavy atom. The Morgan fingerprint density at radius 2 is 1.10 bits per heavy atom. The number of anilines is 2. The number of halogens is 2. The summed E-state index contributed by atoms with van der Waals surface area (Å²) in [6.45, 7) is 24.2. The molecule has 0 bridgehead atoms. The van der Waals surface area contributed by atoms with Crippen LogP contribution >= 0.6 is 23.2 Å². The number of methoxy groups -OCH3 is 2. The fourth-order valence-corrected chi connectivity index (χ4v) is 9.22. The summed E-state index contributed by atoms with van der Waals surface area (Å²) in [7, 11) is 6.11. The van der Waals surface area contributed by atoms with Gasteiger partial charge in [-0.2, -0.15) is 0 Å². The van der Waals surface area contributed by atoms with E-state index in [1.807, 2.05) is 53.7 Å². The zero-order valence-electron chi connectivity index (χ0n) is 55.0. The minimum atomic E-state index is -0.597. The van der Waals surface area contributed by atoms with Gasteiger partial charge in [0, 0.05) is 103 Å². The number of amides is 3. The number of Topliss-reactive ketones (excluding diaryl/α,β-unsaturated/α-hetero) is 1. The number of pyridine rings is 2. The van der Waals surface area contributed by atoms with Crippen LogP contribution in [0.2, 0.25) is 10.0 Å². The van der Waals surface area contributed by atoms with Gasteiger partial charge in [0.1, 0.15) is 57.6 Å². The fourth-order valence-electron chi connectivity index (χ4n) is 8.82. The maximum absolute atomic E-state index is 12.7. The van der Waals surface area contributed by atoms with E-state index in [1.54, 1.807) is 130 Å². The van der Waals surface area contributed by atoms with E-state index in [4.69, 9.17) is 66.4 Å². The molecule has 1 saturated heterocycles. The molecule has 23 heteroatoms. The minimum absolute atomic E-state index is 0.0277. The smallest absolute Gasteiger partial charge is 0.418 e. The Morgan fingerprint density at radius 1 is 0.591 bits per heavy atom. The highest BCUT2D eigenvalue weighted by Crippen LogP contribution is 2.37. The number of ketones is 1. The molecular formula is C70H83Cl2N9O12. The van der Waals surface area contributed by atoms with Gasteiger partial charge in [-0.3, -0.25) is 29.7 Å². The van der Waals surface area contributed by atoms with E-state index >= 15 is 0 Å². The second-order valence-corrected chi connectivity index (χ2v) is 23.8. The van der Waals surface area contributed by atoms with Crippen molar-refractivity contribution in [2.24, 2.45) is 0 Å². The molecule has 10 rings (SSSR count). The molecule has 0 saturated carbocycles. The van der Waals surface area contributed by atoms with Crippen molar-refractivity contribution >= 4 is 80.2 Å². The van der Waals surface area contributed by atoms with Crippen LogP contribution in [0.15, 0.2) is 137 Å². The lowest BCUT2D eigenvalue weighted by atomic mass is 9.93. The molecule has 4 aromatic heterocycles. The van der Waals surface area contributed by atoms with Crippen molar-refractivity contribution in [2.75, 3.05) is 72.2 Å². The molecule has 0 aliphatic carbocycles. The molecule has 1 aliphatic rings. The predicted molar refractivity (Wildman–Crippen MR) is 363 cm³/mol. The molecule has 0 spiro atoms. The van der Waals surface area contributed by atoms with Crippen LogP contribution in [0.5, 0.6) is 40.2 Å². The lowest BCUT2D eigenvalue weighted by Gasteiger charge is -2.13. The molecule has 9 aromatic rings. The van der Waals surface area contributed by atoms with E-state index in [-0.39, 0.29) is 41.3 Å². The lowest BCUT2D eigenvalue weighted by molar-refractivity contribution is -0.117. The standard InChI is InChI=1S/C28H28ClN3O5.C18H16ClN3O3.C14H16N2O3.C6H15N.C4H8O/c1-28(2,3)26-12-17(32-37-26)11-18(33)10-16-6-7-19(13-22(16)29)36-24-8-9-31-23-15-25(35-5)21(14-20(23)24)27(34)30-4;1-21-18(23)12-8-11-15(9-17(12)24-2)22-6-5-16(11)25-10-3-4-14(20)13(19)7-10;1-14(2,3)11-9-12(16-19-11)15-13(17)18-10-7-5-4-6-8-10;1-4-7(5-2)6-3;1-2-4-5-3-1/h6-9,12-15H,10-11H2,1-5H3,(H,30,34);3-9H,20H2,1-2H3,(H,21,23);4-9H,1-3H3,(H,15,16,17);4-6H2,1-3H3;1-4H2. The van der Waals surface area contributed by atoms with E-state index in [1.165, 1.54) is 46.7 Å². The summed E-state index contributed by atoms with van der Waals surface area (Å²) in [5, 5.41) is 17.6. The molecule has 3 amide bonds. The van der Waals surface area contributed by atoms with Gasteiger partial charge in [-0.25, -0.2) is 4.79 Å². The first-order valence-corrected chi connectivity index (χ1v) is 31.0. The maximum atomic E-state index is 12.7. The molecule has 494 valence electrons. The molecule has 5 heterocycles. The summed E-state index contributed by atoms with van der Waals surface area (Å²) in [5.41, 5.74) is 9.15. The molecule has 1 aliphatic heterocycles. The molecule has 21 nitrogen and oxygen atoms in total. The van der Waals surface area contributed by atoms with E-state index in [0.717, 1.165) is 19.0 Å². The number of carbonyl (C=O) groups excluding carboxylic acids is 4. The predicted octanol–water partition coefficient (Wildman–Crippen LogP) is 15.0. The average Bonchev–Trinajstić information content (AvgIpc) is 1.61. The average molecular weight is 1310 g/mol. The molecule has 0 radical (unpaired) electrons. The zero-order chi connectivity index (χ0) is 67.8. The van der Waals surface area contributed by atoms with Gasteiger partial charge in [0.25, 0.3) is 11.8 Å². The zero-order valence-corrected chi connectivity index (χ0v) is 56.5. The van der Waals surface area contributed by atoms with Gasteiger partial charge >= 0.3 is 6.09 Å². The minimum Gasteiger partial charge on any atom is -0.496 e. The number of nitrogen functional groups attached to an aromatic ring is 1. The highest BCUT2D eigenvalue weighted by Gasteiger charge is 2.23. The number of benzene rings is 5. The first-order chi connectivity index (χ1) is 44.4. The molecule has 93 heavy (non-hydrogen) atoms. The van der Waals surface area contributed by atoms with Crippen LogP contribution in [0.3, 0.4) is 0 Å². The van der Waals surface area contributed by atoms with E-state index in [9.17, 15) is 19.2 Å². The Hall–Kier alpha value is -9.28. The summed E-state index contributed by atoms with van der Waals surface area (Å²) in [6, 6.07) is 32.7. The van der Waals surface area contributed by atoms with Gasteiger partial charge in [0.2, 0.25) is 0 Å². The largest absolute Gasteiger partial charge is 0.496 e. The van der Waals surface area contributed by atoms with Crippen molar-refractivity contribution in [3.63, 3.8) is 0 Å². The molecule has 5 aromatic carbocycles. The highest BCUT2D eigenvalue weighted by molar-refractivity contribution is 6.33. The third kappa shape index (κ3) is 21.7. The van der Waals surface area contributed by atoms with Gasteiger partial charge in [-0.15, -0.1) is 0 Å². The molecule has 5 N–H and O–H groups in total. The van der Waals surface area contributed by atoms with Crippen molar-refractivity contribution in [2.45, 2.75) is 98.8 Å². The highest BCUT2D eigenvalue weighted by atomic mass is 35.5. The number of nitrogens with two attached hydrogens (primary N) is 1. The monoisotopic (exact) mass is 1310 g/mol. The quantitative estimate of drug-likeness (QED) is 0.0617. The number of hydrogen-bond acceptors (Lipinski definition) is 18. The van der Waals surface area contributed by atoms with Crippen molar-refractivity contribution in [1.29, 1.82) is 0 Å². The molecule has 1 fully saturated rings. The maximum Gasteiger partial charge on any atom is 0.418 e. The van der Waals surface area contributed by atoms with Crippen LogP contribution in [0.1, 0.15) is 119 Å². The van der Waals surface area contributed by atoms with Crippen LogP contribution < -0.4 is 45.4 Å². The Balaban J connectivity index is 0.000000211. The first kappa shape index (κ1) is 72.8. The van der Waals surface area contributed by atoms with Gasteiger partial charge < -0.3 is 58.7 Å². The Kier molecular flexibility index (Phi) is 27.4. The van der Waals surface area contributed by atoms with Crippen LogP contribution in [-0.2, 0) is 33.2 Å². The number of nitrogens with zero attached hydrogens (tertiary/aromatic N) is 5. The van der Waals surface area contributed by atoms with Crippen molar-refractivity contribution in [3.8, 4) is 40.2 Å². The number of ether oxygens (including phenoxy) is 6. The fraction of sp³-hybridized carbons (Fsp3) is 0.343. The van der Waals surface area contributed by atoms with Crippen molar-refractivity contribution in [3.05, 3.63) is 172 Å².